The van der Waals surface area contributed by atoms with Crippen LogP contribution < -0.4 is 19.8 Å². The molecule has 2 N–H and O–H groups in total. The second kappa shape index (κ2) is 7.28. The van der Waals surface area contributed by atoms with Gasteiger partial charge in [-0.05, 0) is 59.1 Å². The number of hydrogen-bond donors (Lipinski definition) is 2. The van der Waals surface area contributed by atoms with Crippen molar-refractivity contribution in [1.82, 2.24) is 20.0 Å². The Hall–Kier alpha value is -1.97. The summed E-state index contributed by atoms with van der Waals surface area (Å²) >= 11 is 0. The van der Waals surface area contributed by atoms with Crippen LogP contribution in [0.15, 0.2) is 17.0 Å². The first-order valence-electron chi connectivity index (χ1n) is 11.3. The third-order valence-corrected chi connectivity index (χ3v) is 8.21. The maximum absolute atomic E-state index is 13.3. The van der Waals surface area contributed by atoms with Crippen LogP contribution in [-0.2, 0) is 10.0 Å². The van der Waals surface area contributed by atoms with Crippen LogP contribution in [0, 0.1) is 6.92 Å². The summed E-state index contributed by atoms with van der Waals surface area (Å²) < 4.78 is 29.6. The van der Waals surface area contributed by atoms with Gasteiger partial charge in [0.15, 0.2) is 0 Å². The van der Waals surface area contributed by atoms with Crippen molar-refractivity contribution in [3.8, 4) is 0 Å². The van der Waals surface area contributed by atoms with E-state index in [1.165, 1.54) is 0 Å². The molecule has 1 saturated carbocycles. The second-order valence-electron chi connectivity index (χ2n) is 9.81. The maximum Gasteiger partial charge on any atom is 0.241 e. The smallest absolute Gasteiger partial charge is 0.241 e. The highest BCUT2D eigenvalue weighted by molar-refractivity contribution is 7.89. The van der Waals surface area contributed by atoms with E-state index in [4.69, 9.17) is 9.97 Å². The number of aromatic nitrogens is 2. The summed E-state index contributed by atoms with van der Waals surface area (Å²) in [6.45, 7) is 11.7. The first-order valence-corrected chi connectivity index (χ1v) is 12.7. The minimum atomic E-state index is -3.64. The molecule has 0 spiro atoms. The molecule has 1 aromatic carbocycles. The lowest BCUT2D eigenvalue weighted by Gasteiger charge is -2.38. The molecule has 0 radical (unpaired) electrons. The Balaban J connectivity index is 1.70. The SMILES string of the molecule is Cc1nc(N2CCC2)c2cc(S(=O)(=O)NC3(C)CC3)cc(N3C[C@H](C)N[C@@H](C)C3)c2n1. The molecular formula is C22H32N6O2S. The van der Waals surface area contributed by atoms with Gasteiger partial charge in [0.1, 0.15) is 11.6 Å². The number of nitrogens with one attached hydrogen (secondary N) is 2. The number of benzene rings is 1. The molecule has 0 unspecified atom stereocenters. The van der Waals surface area contributed by atoms with E-state index in [0.29, 0.717) is 22.8 Å². The topological polar surface area (TPSA) is 90.5 Å². The second-order valence-corrected chi connectivity index (χ2v) is 11.5. The maximum atomic E-state index is 13.3. The number of sulfonamides is 1. The summed E-state index contributed by atoms with van der Waals surface area (Å²) in [6, 6.07) is 4.20. The highest BCUT2D eigenvalue weighted by atomic mass is 32.2. The van der Waals surface area contributed by atoms with Gasteiger partial charge in [-0.3, -0.25) is 0 Å². The van der Waals surface area contributed by atoms with Crippen molar-refractivity contribution in [3.63, 3.8) is 0 Å². The van der Waals surface area contributed by atoms with Crippen LogP contribution in [0.25, 0.3) is 10.9 Å². The fourth-order valence-electron chi connectivity index (χ4n) is 4.64. The molecule has 31 heavy (non-hydrogen) atoms. The van der Waals surface area contributed by atoms with Crippen LogP contribution in [0.1, 0.15) is 45.9 Å². The first-order chi connectivity index (χ1) is 14.6. The van der Waals surface area contributed by atoms with E-state index in [-0.39, 0.29) is 5.54 Å². The van der Waals surface area contributed by atoms with E-state index in [0.717, 1.165) is 67.8 Å². The zero-order chi connectivity index (χ0) is 22.0. The third-order valence-electron chi connectivity index (χ3n) is 6.59. The Morgan fingerprint density at radius 1 is 1.10 bits per heavy atom. The Kier molecular flexibility index (Phi) is 4.91. The molecule has 3 fully saturated rings. The molecule has 5 rings (SSSR count). The van der Waals surface area contributed by atoms with Crippen LogP contribution in [0.4, 0.5) is 11.5 Å². The third kappa shape index (κ3) is 3.99. The lowest BCUT2D eigenvalue weighted by molar-refractivity contribution is 0.407. The van der Waals surface area contributed by atoms with Gasteiger partial charge in [0, 0.05) is 49.2 Å². The molecule has 1 aromatic heterocycles. The minimum absolute atomic E-state index is 0.302. The predicted molar refractivity (Wildman–Crippen MR) is 123 cm³/mol. The average Bonchev–Trinajstić information content (AvgIpc) is 3.34. The van der Waals surface area contributed by atoms with Crippen molar-refractivity contribution >= 4 is 32.4 Å². The fraction of sp³-hybridized carbons (Fsp3) is 0.636. The van der Waals surface area contributed by atoms with Crippen molar-refractivity contribution in [3.05, 3.63) is 18.0 Å². The lowest BCUT2D eigenvalue weighted by atomic mass is 10.1. The van der Waals surface area contributed by atoms with E-state index >= 15 is 0 Å². The average molecular weight is 445 g/mol. The molecule has 3 aliphatic rings. The van der Waals surface area contributed by atoms with Crippen LogP contribution >= 0.6 is 0 Å². The quantitative estimate of drug-likeness (QED) is 0.730. The summed E-state index contributed by atoms with van der Waals surface area (Å²) in [4.78, 5) is 14.3. The fourth-order valence-corrected chi connectivity index (χ4v) is 6.15. The van der Waals surface area contributed by atoms with Crippen molar-refractivity contribution < 1.29 is 8.42 Å². The number of hydrogen-bond acceptors (Lipinski definition) is 7. The van der Waals surface area contributed by atoms with Crippen LogP contribution in [0.3, 0.4) is 0 Å². The molecule has 3 heterocycles. The van der Waals surface area contributed by atoms with E-state index in [9.17, 15) is 8.42 Å². The zero-order valence-corrected chi connectivity index (χ0v) is 19.6. The van der Waals surface area contributed by atoms with Gasteiger partial charge < -0.3 is 15.1 Å². The summed E-state index contributed by atoms with van der Waals surface area (Å²) in [5, 5.41) is 4.38. The van der Waals surface area contributed by atoms with Gasteiger partial charge in [0.2, 0.25) is 10.0 Å². The molecule has 0 amide bonds. The van der Waals surface area contributed by atoms with Gasteiger partial charge in [-0.1, -0.05) is 0 Å². The molecule has 2 aliphatic heterocycles. The molecule has 9 heteroatoms. The Bertz CT molecular complexity index is 1120. The molecule has 8 nitrogen and oxygen atoms in total. The number of fused-ring (bicyclic) bond motifs is 1. The van der Waals surface area contributed by atoms with E-state index in [2.05, 4.69) is 33.7 Å². The number of rotatable bonds is 5. The molecular weight excluding hydrogens is 412 g/mol. The summed E-state index contributed by atoms with van der Waals surface area (Å²) in [7, 11) is -3.64. The van der Waals surface area contributed by atoms with Gasteiger partial charge in [-0.15, -0.1) is 0 Å². The number of piperazine rings is 1. The monoisotopic (exact) mass is 444 g/mol. The van der Waals surface area contributed by atoms with Crippen molar-refractivity contribution in [1.29, 1.82) is 0 Å². The predicted octanol–water partition coefficient (Wildman–Crippen LogP) is 2.17. The summed E-state index contributed by atoms with van der Waals surface area (Å²) in [5.74, 6) is 1.56. The van der Waals surface area contributed by atoms with Gasteiger partial charge in [0.25, 0.3) is 0 Å². The van der Waals surface area contributed by atoms with E-state index < -0.39 is 10.0 Å². The molecule has 1 aliphatic carbocycles. The van der Waals surface area contributed by atoms with Crippen molar-refractivity contribution in [2.45, 2.75) is 69.5 Å². The normalized spacial score (nSPS) is 25.5. The van der Waals surface area contributed by atoms with Crippen molar-refractivity contribution in [2.75, 3.05) is 36.0 Å². The van der Waals surface area contributed by atoms with Crippen LogP contribution in [0.2, 0.25) is 0 Å². The molecule has 168 valence electrons. The number of aryl methyl sites for hydroxylation is 1. The first kappa shape index (κ1) is 20.9. The van der Waals surface area contributed by atoms with E-state index in [1.54, 1.807) is 6.07 Å². The number of anilines is 2. The molecule has 2 aromatic rings. The van der Waals surface area contributed by atoms with Gasteiger partial charge in [-0.2, -0.15) is 0 Å². The van der Waals surface area contributed by atoms with E-state index in [1.807, 2.05) is 19.9 Å². The minimum Gasteiger partial charge on any atom is -0.367 e. The summed E-state index contributed by atoms with van der Waals surface area (Å²) in [6.07, 6.45) is 2.88. The number of nitrogens with zero attached hydrogens (tertiary/aromatic N) is 4. The lowest BCUT2D eigenvalue weighted by Crippen LogP contribution is -2.54. The highest BCUT2D eigenvalue weighted by Gasteiger charge is 2.41. The standard InChI is InChI=1S/C22H32N6O2S/c1-14-12-28(13-15(2)23-14)19-11-17(31(29,30)26-22(4)6-7-22)10-18-20(19)24-16(3)25-21(18)27-8-5-9-27/h10-11,14-15,23,26H,5-9,12-13H2,1-4H3/t14-,15-/m0/s1. The van der Waals surface area contributed by atoms with Crippen molar-refractivity contribution in [2.24, 2.45) is 0 Å². The Labute approximate surface area is 184 Å². The highest BCUT2D eigenvalue weighted by Crippen LogP contribution is 2.39. The molecule has 0 bridgehead atoms. The molecule has 2 atom stereocenters. The van der Waals surface area contributed by atoms with Gasteiger partial charge in [-0.25, -0.2) is 23.1 Å². The Morgan fingerprint density at radius 2 is 1.77 bits per heavy atom. The Morgan fingerprint density at radius 3 is 2.35 bits per heavy atom. The van der Waals surface area contributed by atoms with Crippen LogP contribution in [-0.4, -0.2) is 62.2 Å². The largest absolute Gasteiger partial charge is 0.367 e. The van der Waals surface area contributed by atoms with Crippen LogP contribution in [0.5, 0.6) is 0 Å². The molecule has 2 saturated heterocycles. The summed E-state index contributed by atoms with van der Waals surface area (Å²) in [5.41, 5.74) is 1.40. The van der Waals surface area contributed by atoms with Gasteiger partial charge >= 0.3 is 0 Å². The van der Waals surface area contributed by atoms with Gasteiger partial charge in [0.05, 0.1) is 16.1 Å². The zero-order valence-electron chi connectivity index (χ0n) is 18.8.